The van der Waals surface area contributed by atoms with E-state index in [1.165, 1.54) is 5.56 Å². The van der Waals surface area contributed by atoms with E-state index in [9.17, 15) is 4.79 Å². The lowest BCUT2D eigenvalue weighted by atomic mass is 9.96. The molecular formula is C21H22N2O. The number of benzene rings is 2. The van der Waals surface area contributed by atoms with Crippen LogP contribution in [0, 0.1) is 6.92 Å². The molecule has 3 aromatic rings. The first kappa shape index (κ1) is 15.0. The fraction of sp³-hybridized carbons (Fsp3) is 0.286. The minimum atomic E-state index is 0.102. The molecule has 122 valence electrons. The molecule has 1 amide bonds. The van der Waals surface area contributed by atoms with Gasteiger partial charge in [0.1, 0.15) is 0 Å². The molecule has 0 saturated heterocycles. The van der Waals surface area contributed by atoms with Crippen LogP contribution in [-0.2, 0) is 16.6 Å². The van der Waals surface area contributed by atoms with Crippen LogP contribution in [0.3, 0.4) is 0 Å². The summed E-state index contributed by atoms with van der Waals surface area (Å²) in [6.07, 6.45) is 2.74. The highest BCUT2D eigenvalue weighted by molar-refractivity contribution is 5.90. The molecular weight excluding hydrogens is 296 g/mol. The Kier molecular flexibility index (Phi) is 3.64. The number of hydrogen-bond donors (Lipinski definition) is 2. The maximum absolute atomic E-state index is 12.5. The summed E-state index contributed by atoms with van der Waals surface area (Å²) in [5.41, 5.74) is 4.78. The van der Waals surface area contributed by atoms with E-state index in [2.05, 4.69) is 46.7 Å². The third-order valence-corrected chi connectivity index (χ3v) is 5.23. The van der Waals surface area contributed by atoms with Crippen molar-refractivity contribution in [2.45, 2.75) is 31.6 Å². The Morgan fingerprint density at radius 2 is 1.79 bits per heavy atom. The van der Waals surface area contributed by atoms with Crippen molar-refractivity contribution in [1.82, 2.24) is 10.3 Å². The third-order valence-electron chi connectivity index (χ3n) is 5.23. The van der Waals surface area contributed by atoms with Crippen LogP contribution in [0.25, 0.3) is 10.9 Å². The van der Waals surface area contributed by atoms with Crippen molar-refractivity contribution in [3.63, 3.8) is 0 Å². The first-order valence-electron chi connectivity index (χ1n) is 8.56. The quantitative estimate of drug-likeness (QED) is 0.737. The second kappa shape index (κ2) is 5.82. The molecule has 0 bridgehead atoms. The summed E-state index contributed by atoms with van der Waals surface area (Å²) in [4.78, 5) is 15.9. The lowest BCUT2D eigenvalue weighted by molar-refractivity contribution is -0.120. The lowest BCUT2D eigenvalue weighted by Crippen LogP contribution is -2.33. The number of aryl methyl sites for hydroxylation is 1. The molecule has 1 fully saturated rings. The lowest BCUT2D eigenvalue weighted by Gasteiger charge is -2.16. The summed E-state index contributed by atoms with van der Waals surface area (Å²) in [6.45, 7) is 2.77. The van der Waals surface area contributed by atoms with E-state index in [0.717, 1.165) is 41.5 Å². The van der Waals surface area contributed by atoms with Gasteiger partial charge in [0, 0.05) is 28.6 Å². The molecule has 1 aliphatic carbocycles. The second-order valence-electron chi connectivity index (χ2n) is 6.87. The van der Waals surface area contributed by atoms with E-state index < -0.39 is 0 Å². The summed E-state index contributed by atoms with van der Waals surface area (Å²) < 4.78 is 0. The fourth-order valence-electron chi connectivity index (χ4n) is 3.56. The van der Waals surface area contributed by atoms with Gasteiger partial charge < -0.3 is 10.3 Å². The molecule has 1 aliphatic rings. The number of para-hydroxylation sites is 1. The van der Waals surface area contributed by atoms with Gasteiger partial charge in [0.25, 0.3) is 0 Å². The van der Waals surface area contributed by atoms with Gasteiger partial charge in [-0.2, -0.15) is 0 Å². The topological polar surface area (TPSA) is 44.9 Å². The summed E-state index contributed by atoms with van der Waals surface area (Å²) in [7, 11) is 0. The number of H-pyrrole nitrogens is 1. The van der Waals surface area contributed by atoms with Crippen LogP contribution in [0.5, 0.6) is 0 Å². The first-order valence-corrected chi connectivity index (χ1v) is 8.56. The van der Waals surface area contributed by atoms with E-state index >= 15 is 0 Å². The Morgan fingerprint density at radius 1 is 1.08 bits per heavy atom. The Morgan fingerprint density at radius 3 is 2.54 bits per heavy atom. The minimum absolute atomic E-state index is 0.102. The van der Waals surface area contributed by atoms with Crippen molar-refractivity contribution in [3.8, 4) is 0 Å². The Balaban J connectivity index is 1.45. The van der Waals surface area contributed by atoms with Crippen LogP contribution in [0.15, 0.2) is 54.6 Å². The average molecular weight is 318 g/mol. The van der Waals surface area contributed by atoms with Gasteiger partial charge in [0.15, 0.2) is 0 Å². The number of rotatable bonds is 5. The van der Waals surface area contributed by atoms with Crippen molar-refractivity contribution >= 4 is 16.8 Å². The van der Waals surface area contributed by atoms with Gasteiger partial charge in [-0.1, -0.05) is 48.5 Å². The van der Waals surface area contributed by atoms with Gasteiger partial charge in [-0.3, -0.25) is 4.79 Å². The third kappa shape index (κ3) is 2.71. The van der Waals surface area contributed by atoms with Gasteiger partial charge in [-0.05, 0) is 37.0 Å². The smallest absolute Gasteiger partial charge is 0.224 e. The average Bonchev–Trinajstić information content (AvgIpc) is 3.34. The monoisotopic (exact) mass is 318 g/mol. The normalized spacial score (nSPS) is 15.4. The van der Waals surface area contributed by atoms with E-state index in [0.29, 0.717) is 6.42 Å². The molecule has 4 rings (SSSR count). The van der Waals surface area contributed by atoms with E-state index in [-0.39, 0.29) is 11.3 Å². The largest absolute Gasteiger partial charge is 0.358 e. The molecule has 1 saturated carbocycles. The van der Waals surface area contributed by atoms with Crippen LogP contribution in [0.1, 0.15) is 29.7 Å². The Hall–Kier alpha value is -2.55. The zero-order chi connectivity index (χ0) is 16.6. The van der Waals surface area contributed by atoms with Gasteiger partial charge >= 0.3 is 0 Å². The SMILES string of the molecule is Cc1[nH]c2ccccc2c1CC(=O)NCC1(c2ccccc2)CC1. The zero-order valence-corrected chi connectivity index (χ0v) is 13.9. The standard InChI is InChI=1S/C21H22N2O/c1-15-18(17-9-5-6-10-19(17)23-15)13-20(24)22-14-21(11-12-21)16-7-3-2-4-8-16/h2-10,23H,11-14H2,1H3,(H,22,24). The predicted molar refractivity (Wildman–Crippen MR) is 97.1 cm³/mol. The highest BCUT2D eigenvalue weighted by atomic mass is 16.1. The summed E-state index contributed by atoms with van der Waals surface area (Å²) >= 11 is 0. The molecule has 0 unspecified atom stereocenters. The van der Waals surface area contributed by atoms with Crippen LogP contribution in [-0.4, -0.2) is 17.4 Å². The maximum Gasteiger partial charge on any atom is 0.224 e. The number of nitrogens with one attached hydrogen (secondary N) is 2. The molecule has 3 nitrogen and oxygen atoms in total. The number of hydrogen-bond acceptors (Lipinski definition) is 1. The molecule has 0 spiro atoms. The molecule has 0 atom stereocenters. The highest BCUT2D eigenvalue weighted by Crippen LogP contribution is 2.47. The highest BCUT2D eigenvalue weighted by Gasteiger charge is 2.44. The van der Waals surface area contributed by atoms with Crippen LogP contribution >= 0.6 is 0 Å². The molecule has 0 aliphatic heterocycles. The summed E-state index contributed by atoms with van der Waals surface area (Å²) in [5.74, 6) is 0.102. The zero-order valence-electron chi connectivity index (χ0n) is 13.9. The summed E-state index contributed by atoms with van der Waals surface area (Å²) in [5, 5.41) is 4.31. The number of carbonyl (C=O) groups is 1. The van der Waals surface area contributed by atoms with Gasteiger partial charge in [0.05, 0.1) is 6.42 Å². The number of aromatic amines is 1. The van der Waals surface area contributed by atoms with Crippen LogP contribution in [0.2, 0.25) is 0 Å². The maximum atomic E-state index is 12.5. The molecule has 1 heterocycles. The first-order chi connectivity index (χ1) is 11.7. The Labute approximate surface area is 142 Å². The molecule has 24 heavy (non-hydrogen) atoms. The Bertz CT molecular complexity index is 875. The van der Waals surface area contributed by atoms with Crippen molar-refractivity contribution in [3.05, 3.63) is 71.4 Å². The van der Waals surface area contributed by atoms with Gasteiger partial charge in [-0.15, -0.1) is 0 Å². The van der Waals surface area contributed by atoms with Crippen LogP contribution in [0.4, 0.5) is 0 Å². The number of carbonyl (C=O) groups excluding carboxylic acids is 1. The number of amides is 1. The molecule has 2 N–H and O–H groups in total. The molecule has 2 aromatic carbocycles. The minimum Gasteiger partial charge on any atom is -0.358 e. The van der Waals surface area contributed by atoms with Gasteiger partial charge in [0.2, 0.25) is 5.91 Å². The van der Waals surface area contributed by atoms with E-state index in [1.807, 2.05) is 25.1 Å². The number of aromatic nitrogens is 1. The summed E-state index contributed by atoms with van der Waals surface area (Å²) in [6, 6.07) is 18.7. The molecule has 3 heteroatoms. The van der Waals surface area contributed by atoms with E-state index in [1.54, 1.807) is 0 Å². The second-order valence-corrected chi connectivity index (χ2v) is 6.87. The van der Waals surface area contributed by atoms with Gasteiger partial charge in [-0.25, -0.2) is 0 Å². The van der Waals surface area contributed by atoms with Crippen molar-refractivity contribution < 1.29 is 4.79 Å². The predicted octanol–water partition coefficient (Wildman–Crippen LogP) is 3.87. The molecule has 1 aromatic heterocycles. The van der Waals surface area contributed by atoms with Crippen molar-refractivity contribution in [2.24, 2.45) is 0 Å². The van der Waals surface area contributed by atoms with Crippen molar-refractivity contribution in [1.29, 1.82) is 0 Å². The van der Waals surface area contributed by atoms with Crippen LogP contribution < -0.4 is 5.32 Å². The van der Waals surface area contributed by atoms with E-state index in [4.69, 9.17) is 0 Å². The fourth-order valence-corrected chi connectivity index (χ4v) is 3.56. The number of fused-ring (bicyclic) bond motifs is 1. The molecule has 0 radical (unpaired) electrons. The van der Waals surface area contributed by atoms with Crippen molar-refractivity contribution in [2.75, 3.05) is 6.54 Å².